The quantitative estimate of drug-likeness (QED) is 0.739. The van der Waals surface area contributed by atoms with Crippen LogP contribution in [-0.2, 0) is 6.42 Å². The van der Waals surface area contributed by atoms with Crippen LogP contribution in [0.4, 0.5) is 0 Å². The molecule has 3 rings (SSSR count). The molecule has 0 fully saturated rings. The molecule has 1 atom stereocenters. The molecule has 1 unspecified atom stereocenters. The molecule has 2 aromatic rings. The summed E-state index contributed by atoms with van der Waals surface area (Å²) >= 11 is 5.92. The normalized spacial score (nSPS) is 18.6. The highest BCUT2D eigenvalue weighted by molar-refractivity contribution is 6.30. The van der Waals surface area contributed by atoms with E-state index in [0.29, 0.717) is 0 Å². The predicted molar refractivity (Wildman–Crippen MR) is 57.0 cm³/mol. The summed E-state index contributed by atoms with van der Waals surface area (Å²) in [6.45, 7) is 0. The maximum absolute atomic E-state index is 5.92. The second kappa shape index (κ2) is 3.28. The fourth-order valence-electron chi connectivity index (χ4n) is 1.80. The minimum Gasteiger partial charge on any atom is -0.470 e. The third-order valence-corrected chi connectivity index (χ3v) is 2.77. The number of halogens is 1. The molecule has 15 heavy (non-hydrogen) atoms. The molecule has 0 aliphatic carbocycles. The number of fused-ring (bicyclic) bond motifs is 1. The molecule has 0 bridgehead atoms. The highest BCUT2D eigenvalue weighted by Gasteiger charge is 2.23. The Labute approximate surface area is 92.3 Å². The van der Waals surface area contributed by atoms with Gasteiger partial charge in [-0.1, -0.05) is 11.6 Å². The average molecular weight is 221 g/mol. The van der Waals surface area contributed by atoms with Crippen molar-refractivity contribution in [2.45, 2.75) is 12.6 Å². The summed E-state index contributed by atoms with van der Waals surface area (Å²) in [6, 6.07) is 5.71. The van der Waals surface area contributed by atoms with Gasteiger partial charge in [-0.3, -0.25) is 0 Å². The summed E-state index contributed by atoms with van der Waals surface area (Å²) in [6.07, 6.45) is 6.27. The van der Waals surface area contributed by atoms with E-state index in [0.717, 1.165) is 22.8 Å². The summed E-state index contributed by atoms with van der Waals surface area (Å²) in [5, 5.41) is 0.753. The van der Waals surface area contributed by atoms with E-state index in [1.165, 1.54) is 0 Å². The molecule has 3 nitrogen and oxygen atoms in total. The van der Waals surface area contributed by atoms with Gasteiger partial charge >= 0.3 is 0 Å². The number of hydrogen-bond acceptors (Lipinski definition) is 2. The van der Waals surface area contributed by atoms with Crippen LogP contribution in [0.5, 0.6) is 5.75 Å². The van der Waals surface area contributed by atoms with Gasteiger partial charge in [0.2, 0.25) is 0 Å². The largest absolute Gasteiger partial charge is 0.470 e. The SMILES string of the molecule is Clc1ccc2c(c1)CC(n1ccnc1)O2. The zero-order valence-electron chi connectivity index (χ0n) is 7.93. The van der Waals surface area contributed by atoms with Crippen LogP contribution in [0.25, 0.3) is 0 Å². The van der Waals surface area contributed by atoms with E-state index in [9.17, 15) is 0 Å². The van der Waals surface area contributed by atoms with Crippen molar-refractivity contribution in [2.24, 2.45) is 0 Å². The topological polar surface area (TPSA) is 27.1 Å². The van der Waals surface area contributed by atoms with Gasteiger partial charge in [-0.2, -0.15) is 0 Å². The number of aromatic nitrogens is 2. The van der Waals surface area contributed by atoms with Crippen molar-refractivity contribution >= 4 is 11.6 Å². The van der Waals surface area contributed by atoms with E-state index in [4.69, 9.17) is 16.3 Å². The van der Waals surface area contributed by atoms with Crippen molar-refractivity contribution in [1.29, 1.82) is 0 Å². The Hall–Kier alpha value is -1.48. The minimum absolute atomic E-state index is 0.0148. The lowest BCUT2D eigenvalue weighted by Crippen LogP contribution is -2.10. The molecule has 1 aromatic carbocycles. The van der Waals surface area contributed by atoms with Crippen LogP contribution in [0.1, 0.15) is 11.8 Å². The van der Waals surface area contributed by atoms with Gasteiger partial charge in [0.05, 0.1) is 6.33 Å². The number of nitrogens with zero attached hydrogens (tertiary/aromatic N) is 2. The summed E-state index contributed by atoms with van der Waals surface area (Å²) < 4.78 is 7.72. The molecule has 0 saturated heterocycles. The van der Waals surface area contributed by atoms with E-state index >= 15 is 0 Å². The molecule has 0 saturated carbocycles. The Kier molecular flexibility index (Phi) is 1.92. The zero-order valence-corrected chi connectivity index (χ0v) is 8.69. The molecular weight excluding hydrogens is 212 g/mol. The lowest BCUT2D eigenvalue weighted by molar-refractivity contribution is 0.160. The average Bonchev–Trinajstić information content (AvgIpc) is 2.84. The second-order valence-electron chi connectivity index (χ2n) is 3.54. The second-order valence-corrected chi connectivity index (χ2v) is 3.98. The van der Waals surface area contributed by atoms with E-state index in [1.807, 2.05) is 29.0 Å². The monoisotopic (exact) mass is 220 g/mol. The number of rotatable bonds is 1. The smallest absolute Gasteiger partial charge is 0.181 e. The summed E-state index contributed by atoms with van der Waals surface area (Å²) in [4.78, 5) is 4.00. The highest BCUT2D eigenvalue weighted by atomic mass is 35.5. The Morgan fingerprint density at radius 1 is 1.47 bits per heavy atom. The van der Waals surface area contributed by atoms with Crippen molar-refractivity contribution in [3.8, 4) is 5.75 Å². The van der Waals surface area contributed by atoms with Crippen molar-refractivity contribution < 1.29 is 4.74 Å². The molecule has 4 heteroatoms. The predicted octanol–water partition coefficient (Wildman–Crippen LogP) is 2.67. The molecular formula is C11H9ClN2O. The number of imidazole rings is 1. The molecule has 0 spiro atoms. The van der Waals surface area contributed by atoms with Gasteiger partial charge in [-0.15, -0.1) is 0 Å². The lowest BCUT2D eigenvalue weighted by Gasteiger charge is -2.10. The molecule has 1 aliphatic heterocycles. The standard InChI is InChI=1S/C11H9ClN2O/c12-9-1-2-10-8(5-9)6-11(15-10)14-4-3-13-7-14/h1-5,7,11H,6H2. The van der Waals surface area contributed by atoms with Crippen molar-refractivity contribution in [1.82, 2.24) is 9.55 Å². The Balaban J connectivity index is 1.92. The van der Waals surface area contributed by atoms with Crippen molar-refractivity contribution in [2.75, 3.05) is 0 Å². The molecule has 0 radical (unpaired) electrons. The Morgan fingerprint density at radius 3 is 3.20 bits per heavy atom. The molecule has 76 valence electrons. The number of hydrogen-bond donors (Lipinski definition) is 0. The third-order valence-electron chi connectivity index (χ3n) is 2.54. The number of benzene rings is 1. The minimum atomic E-state index is 0.0148. The van der Waals surface area contributed by atoms with Crippen molar-refractivity contribution in [3.05, 3.63) is 47.5 Å². The van der Waals surface area contributed by atoms with E-state index in [-0.39, 0.29) is 6.23 Å². The maximum atomic E-state index is 5.92. The first-order chi connectivity index (χ1) is 7.33. The fourth-order valence-corrected chi connectivity index (χ4v) is 2.00. The van der Waals surface area contributed by atoms with Crippen LogP contribution >= 0.6 is 11.6 Å². The Morgan fingerprint density at radius 2 is 2.40 bits per heavy atom. The molecule has 1 aliphatic rings. The molecule has 0 N–H and O–H groups in total. The molecule has 1 aromatic heterocycles. The molecule has 0 amide bonds. The first kappa shape index (κ1) is 8.80. The van der Waals surface area contributed by atoms with E-state index < -0.39 is 0 Å². The van der Waals surface area contributed by atoms with Crippen LogP contribution in [0.2, 0.25) is 5.02 Å². The van der Waals surface area contributed by atoms with Gasteiger partial charge in [0.15, 0.2) is 6.23 Å². The fraction of sp³-hybridized carbons (Fsp3) is 0.182. The van der Waals surface area contributed by atoms with Gasteiger partial charge < -0.3 is 9.30 Å². The summed E-state index contributed by atoms with van der Waals surface area (Å²) in [5.74, 6) is 0.915. The summed E-state index contributed by atoms with van der Waals surface area (Å²) in [7, 11) is 0. The number of ether oxygens (including phenoxy) is 1. The van der Waals surface area contributed by atoms with Crippen LogP contribution in [0, 0.1) is 0 Å². The van der Waals surface area contributed by atoms with Crippen LogP contribution in [0.3, 0.4) is 0 Å². The van der Waals surface area contributed by atoms with E-state index in [2.05, 4.69) is 4.98 Å². The Bertz CT molecular complexity index is 481. The first-order valence-corrected chi connectivity index (χ1v) is 5.13. The third kappa shape index (κ3) is 1.49. The van der Waals surface area contributed by atoms with Gasteiger partial charge in [0, 0.05) is 29.4 Å². The van der Waals surface area contributed by atoms with Crippen LogP contribution in [0.15, 0.2) is 36.9 Å². The van der Waals surface area contributed by atoms with Gasteiger partial charge in [-0.05, 0) is 18.2 Å². The van der Waals surface area contributed by atoms with Gasteiger partial charge in [0.25, 0.3) is 0 Å². The van der Waals surface area contributed by atoms with Crippen LogP contribution in [-0.4, -0.2) is 9.55 Å². The maximum Gasteiger partial charge on any atom is 0.181 e. The van der Waals surface area contributed by atoms with Crippen molar-refractivity contribution in [3.63, 3.8) is 0 Å². The van der Waals surface area contributed by atoms with Gasteiger partial charge in [0.1, 0.15) is 5.75 Å². The van der Waals surface area contributed by atoms with Gasteiger partial charge in [-0.25, -0.2) is 4.98 Å². The lowest BCUT2D eigenvalue weighted by atomic mass is 10.1. The molecule has 2 heterocycles. The van der Waals surface area contributed by atoms with Crippen LogP contribution < -0.4 is 4.74 Å². The van der Waals surface area contributed by atoms with E-state index in [1.54, 1.807) is 12.5 Å². The first-order valence-electron chi connectivity index (χ1n) is 4.75. The summed E-state index contributed by atoms with van der Waals surface area (Å²) in [5.41, 5.74) is 1.15. The zero-order chi connectivity index (χ0) is 10.3. The highest BCUT2D eigenvalue weighted by Crippen LogP contribution is 2.35.